The minimum absolute atomic E-state index is 0.176. The van der Waals surface area contributed by atoms with Gasteiger partial charge in [-0.15, -0.1) is 0 Å². The van der Waals surface area contributed by atoms with E-state index >= 15 is 0 Å². The van der Waals surface area contributed by atoms with Crippen molar-refractivity contribution in [2.45, 2.75) is 83.6 Å². The maximum Gasteiger partial charge on any atom is 0.410 e. The largest absolute Gasteiger partial charge is 0.444 e. The third-order valence-corrected chi connectivity index (χ3v) is 4.33. The van der Waals surface area contributed by atoms with Gasteiger partial charge in [-0.25, -0.2) is 4.79 Å². The van der Waals surface area contributed by atoms with Crippen LogP contribution in [0.15, 0.2) is 0 Å². The molecule has 0 aromatic carbocycles. The molecule has 2 fully saturated rings. The zero-order valence-electron chi connectivity index (χ0n) is 14.6. The fourth-order valence-electron chi connectivity index (χ4n) is 3.22. The molecular formula is C17H32N2O3. The zero-order chi connectivity index (χ0) is 16.2. The molecule has 1 N–H and O–H groups in total. The molecule has 0 aliphatic carbocycles. The van der Waals surface area contributed by atoms with Crippen LogP contribution in [0.3, 0.4) is 0 Å². The van der Waals surface area contributed by atoms with Gasteiger partial charge in [-0.3, -0.25) is 0 Å². The number of carbonyl (C=O) groups excluding carboxylic acids is 1. The molecule has 0 radical (unpaired) electrons. The van der Waals surface area contributed by atoms with Crippen molar-refractivity contribution < 1.29 is 14.3 Å². The number of hydrogen-bond donors (Lipinski definition) is 1. The van der Waals surface area contributed by atoms with E-state index in [1.165, 1.54) is 6.42 Å². The topological polar surface area (TPSA) is 50.8 Å². The first-order valence-corrected chi connectivity index (χ1v) is 8.71. The van der Waals surface area contributed by atoms with Crippen LogP contribution in [0.2, 0.25) is 0 Å². The Morgan fingerprint density at radius 3 is 2.64 bits per heavy atom. The summed E-state index contributed by atoms with van der Waals surface area (Å²) in [6.07, 6.45) is 6.13. The molecule has 2 aliphatic heterocycles. The van der Waals surface area contributed by atoms with E-state index in [9.17, 15) is 4.79 Å². The molecule has 2 heterocycles. The number of ether oxygens (including phenoxy) is 2. The average Bonchev–Trinajstić information content (AvgIpc) is 2.83. The highest BCUT2D eigenvalue weighted by atomic mass is 16.6. The lowest BCUT2D eigenvalue weighted by atomic mass is 10.0. The minimum Gasteiger partial charge on any atom is -0.444 e. The van der Waals surface area contributed by atoms with Crippen LogP contribution < -0.4 is 5.32 Å². The lowest BCUT2D eigenvalue weighted by Gasteiger charge is -2.37. The number of rotatable bonds is 4. The number of likely N-dealkylation sites (tertiary alicyclic amines) is 1. The Hall–Kier alpha value is -0.810. The fourth-order valence-corrected chi connectivity index (χ4v) is 3.22. The first kappa shape index (κ1) is 17.5. The third kappa shape index (κ3) is 5.43. The number of amides is 1. The van der Waals surface area contributed by atoms with E-state index in [2.05, 4.69) is 12.2 Å². The van der Waals surface area contributed by atoms with E-state index in [-0.39, 0.29) is 12.1 Å². The van der Waals surface area contributed by atoms with Gasteiger partial charge in [0.05, 0.1) is 12.2 Å². The van der Waals surface area contributed by atoms with E-state index in [1.807, 2.05) is 25.7 Å². The second kappa shape index (κ2) is 7.64. The van der Waals surface area contributed by atoms with Crippen molar-refractivity contribution in [1.29, 1.82) is 0 Å². The van der Waals surface area contributed by atoms with Crippen molar-refractivity contribution in [2.24, 2.45) is 0 Å². The molecule has 2 saturated heterocycles. The predicted octanol–water partition coefficient (Wildman–Crippen LogP) is 2.93. The number of nitrogens with one attached hydrogen (secondary N) is 1. The van der Waals surface area contributed by atoms with Crippen molar-refractivity contribution >= 4 is 6.09 Å². The van der Waals surface area contributed by atoms with Gasteiger partial charge in [0, 0.05) is 25.7 Å². The van der Waals surface area contributed by atoms with Gasteiger partial charge < -0.3 is 19.7 Å². The zero-order valence-corrected chi connectivity index (χ0v) is 14.6. The highest BCUT2D eigenvalue weighted by Gasteiger charge is 2.30. The smallest absolute Gasteiger partial charge is 0.410 e. The Labute approximate surface area is 134 Å². The third-order valence-electron chi connectivity index (χ3n) is 4.33. The van der Waals surface area contributed by atoms with E-state index in [4.69, 9.17) is 9.47 Å². The SMILES string of the molecule is CC1CCC(CNCC2CCCCN2C(=O)OC(C)(C)C)O1. The average molecular weight is 312 g/mol. The summed E-state index contributed by atoms with van der Waals surface area (Å²) in [4.78, 5) is 14.2. The fraction of sp³-hybridized carbons (Fsp3) is 0.941. The van der Waals surface area contributed by atoms with Crippen LogP contribution in [0.5, 0.6) is 0 Å². The van der Waals surface area contributed by atoms with Crippen molar-refractivity contribution in [2.75, 3.05) is 19.6 Å². The molecule has 0 aromatic heterocycles. The van der Waals surface area contributed by atoms with Gasteiger partial charge in [-0.2, -0.15) is 0 Å². The number of piperidine rings is 1. The van der Waals surface area contributed by atoms with Crippen LogP contribution in [0.1, 0.15) is 59.8 Å². The van der Waals surface area contributed by atoms with E-state index in [0.717, 1.165) is 45.3 Å². The number of hydrogen-bond acceptors (Lipinski definition) is 4. The number of nitrogens with zero attached hydrogens (tertiary/aromatic N) is 1. The first-order valence-electron chi connectivity index (χ1n) is 8.71. The van der Waals surface area contributed by atoms with Gasteiger partial charge in [-0.05, 0) is 59.8 Å². The van der Waals surface area contributed by atoms with Crippen LogP contribution in [0.25, 0.3) is 0 Å². The van der Waals surface area contributed by atoms with Crippen molar-refractivity contribution in [1.82, 2.24) is 10.2 Å². The Bertz CT molecular complexity index is 367. The maximum absolute atomic E-state index is 12.3. The monoisotopic (exact) mass is 312 g/mol. The van der Waals surface area contributed by atoms with Gasteiger partial charge in [0.1, 0.15) is 5.60 Å². The predicted molar refractivity (Wildman–Crippen MR) is 87.0 cm³/mol. The minimum atomic E-state index is -0.430. The van der Waals surface area contributed by atoms with Crippen LogP contribution in [-0.4, -0.2) is 54.5 Å². The number of carbonyl (C=O) groups is 1. The first-order chi connectivity index (χ1) is 10.3. The summed E-state index contributed by atoms with van der Waals surface area (Å²) in [7, 11) is 0. The molecule has 128 valence electrons. The van der Waals surface area contributed by atoms with Gasteiger partial charge in [-0.1, -0.05) is 0 Å². The highest BCUT2D eigenvalue weighted by Crippen LogP contribution is 2.21. The van der Waals surface area contributed by atoms with E-state index in [1.54, 1.807) is 0 Å². The standard InChI is InChI=1S/C17H32N2O3/c1-13-8-9-15(21-13)12-18-11-14-7-5-6-10-19(14)16(20)22-17(2,3)4/h13-15,18H,5-12H2,1-4H3. The summed E-state index contributed by atoms with van der Waals surface area (Å²) in [6.45, 7) is 10.4. The van der Waals surface area contributed by atoms with Crippen molar-refractivity contribution in [3.63, 3.8) is 0 Å². The lowest BCUT2D eigenvalue weighted by molar-refractivity contribution is 0.00917. The van der Waals surface area contributed by atoms with Crippen molar-refractivity contribution in [3.8, 4) is 0 Å². The molecule has 5 nitrogen and oxygen atoms in total. The van der Waals surface area contributed by atoms with E-state index < -0.39 is 5.60 Å². The molecule has 1 amide bonds. The summed E-state index contributed by atoms with van der Waals surface area (Å²) >= 11 is 0. The molecule has 2 aliphatic rings. The molecule has 0 spiro atoms. The quantitative estimate of drug-likeness (QED) is 0.867. The lowest BCUT2D eigenvalue weighted by Crippen LogP contribution is -2.50. The van der Waals surface area contributed by atoms with Crippen LogP contribution >= 0.6 is 0 Å². The molecule has 0 bridgehead atoms. The van der Waals surface area contributed by atoms with E-state index in [0.29, 0.717) is 12.2 Å². The molecule has 5 heteroatoms. The van der Waals surface area contributed by atoms with Gasteiger partial charge in [0.15, 0.2) is 0 Å². The summed E-state index contributed by atoms with van der Waals surface area (Å²) in [5, 5.41) is 3.49. The van der Waals surface area contributed by atoms with Gasteiger partial charge in [0.2, 0.25) is 0 Å². The van der Waals surface area contributed by atoms with Crippen molar-refractivity contribution in [3.05, 3.63) is 0 Å². The molecule has 3 unspecified atom stereocenters. The van der Waals surface area contributed by atoms with Gasteiger partial charge in [0.25, 0.3) is 0 Å². The summed E-state index contributed by atoms with van der Waals surface area (Å²) in [5.74, 6) is 0. The molecule has 0 aromatic rings. The maximum atomic E-state index is 12.3. The van der Waals surface area contributed by atoms with Crippen LogP contribution in [0, 0.1) is 0 Å². The second-order valence-electron chi connectivity index (χ2n) is 7.63. The second-order valence-corrected chi connectivity index (χ2v) is 7.63. The molecule has 2 rings (SSSR count). The molecule has 3 atom stereocenters. The Morgan fingerprint density at radius 2 is 2.00 bits per heavy atom. The summed E-state index contributed by atoms with van der Waals surface area (Å²) in [6, 6.07) is 0.238. The molecular weight excluding hydrogens is 280 g/mol. The Morgan fingerprint density at radius 1 is 1.23 bits per heavy atom. The Kier molecular flexibility index (Phi) is 6.09. The van der Waals surface area contributed by atoms with Gasteiger partial charge >= 0.3 is 6.09 Å². The normalized spacial score (nSPS) is 29.6. The molecule has 0 saturated carbocycles. The van der Waals surface area contributed by atoms with Crippen LogP contribution in [0.4, 0.5) is 4.79 Å². The summed E-state index contributed by atoms with van der Waals surface area (Å²) < 4.78 is 11.4. The Balaban J connectivity index is 1.78. The highest BCUT2D eigenvalue weighted by molar-refractivity contribution is 5.68. The van der Waals surface area contributed by atoms with Crippen LogP contribution in [-0.2, 0) is 9.47 Å². The molecule has 22 heavy (non-hydrogen) atoms. The summed E-state index contributed by atoms with van der Waals surface area (Å²) in [5.41, 5.74) is -0.430.